The molecule has 0 aliphatic rings. The minimum atomic E-state index is -0.331. The van der Waals surface area contributed by atoms with Crippen LogP contribution in [0.25, 0.3) is 0 Å². The average molecular weight is 359 g/mol. The van der Waals surface area contributed by atoms with Gasteiger partial charge in [0.05, 0.1) is 6.04 Å². The third kappa shape index (κ3) is 3.49. The van der Waals surface area contributed by atoms with Crippen molar-refractivity contribution in [2.75, 3.05) is 5.73 Å². The van der Waals surface area contributed by atoms with Crippen LogP contribution in [-0.2, 0) is 6.42 Å². The molecule has 0 aromatic heterocycles. The minimum absolute atomic E-state index is 0.258. The van der Waals surface area contributed by atoms with Crippen molar-refractivity contribution in [1.29, 1.82) is 0 Å². The van der Waals surface area contributed by atoms with Gasteiger partial charge in [-0.05, 0) is 53.9 Å². The van der Waals surface area contributed by atoms with Gasteiger partial charge in [-0.3, -0.25) is 11.3 Å². The van der Waals surface area contributed by atoms with Crippen LogP contribution in [0.3, 0.4) is 0 Å². The smallest absolute Gasteiger partial charge is 0.123 e. The number of hydrogen-bond acceptors (Lipinski definition) is 3. The van der Waals surface area contributed by atoms with Crippen LogP contribution in [0.4, 0.5) is 10.1 Å². The molecule has 1 unspecified atom stereocenters. The summed E-state index contributed by atoms with van der Waals surface area (Å²) in [6.45, 7) is 0. The molecule has 0 amide bonds. The maximum atomic E-state index is 13.3. The molecule has 0 saturated carbocycles. The van der Waals surface area contributed by atoms with E-state index in [-0.39, 0.29) is 11.9 Å². The predicted molar refractivity (Wildman–Crippen MR) is 83.7 cm³/mol. The highest BCUT2D eigenvalue weighted by Crippen LogP contribution is 2.29. The first-order chi connectivity index (χ1) is 9.51. The summed E-state index contributed by atoms with van der Waals surface area (Å²) in [7, 11) is 0. The SMILES string of the molecule is NNC(Cc1cc(F)ccc1Cl)c1cc(Br)ccc1N. The third-order valence-electron chi connectivity index (χ3n) is 3.06. The van der Waals surface area contributed by atoms with Gasteiger partial charge < -0.3 is 5.73 Å². The van der Waals surface area contributed by atoms with E-state index in [4.69, 9.17) is 23.2 Å². The van der Waals surface area contributed by atoms with Gasteiger partial charge in [0, 0.05) is 15.2 Å². The fourth-order valence-corrected chi connectivity index (χ4v) is 2.60. The van der Waals surface area contributed by atoms with Crippen molar-refractivity contribution in [2.45, 2.75) is 12.5 Å². The lowest BCUT2D eigenvalue weighted by Crippen LogP contribution is -2.30. The molecule has 0 fully saturated rings. The summed E-state index contributed by atoms with van der Waals surface area (Å²) in [6, 6.07) is 9.52. The van der Waals surface area contributed by atoms with Gasteiger partial charge in [0.15, 0.2) is 0 Å². The van der Waals surface area contributed by atoms with E-state index in [1.807, 2.05) is 12.1 Å². The first-order valence-corrected chi connectivity index (χ1v) is 7.13. The van der Waals surface area contributed by atoms with Gasteiger partial charge in [0.2, 0.25) is 0 Å². The number of anilines is 1. The van der Waals surface area contributed by atoms with E-state index in [1.54, 1.807) is 6.07 Å². The Bertz CT molecular complexity index is 621. The molecule has 0 radical (unpaired) electrons. The summed E-state index contributed by atoms with van der Waals surface area (Å²) in [5.41, 5.74) is 10.8. The van der Waals surface area contributed by atoms with Crippen LogP contribution in [0.2, 0.25) is 5.02 Å². The Morgan fingerprint density at radius 2 is 2.00 bits per heavy atom. The summed E-state index contributed by atoms with van der Waals surface area (Å²) in [5.74, 6) is 5.27. The number of nitrogens with two attached hydrogens (primary N) is 2. The Morgan fingerprint density at radius 3 is 2.70 bits per heavy atom. The highest BCUT2D eigenvalue weighted by Gasteiger charge is 2.16. The van der Waals surface area contributed by atoms with Crippen LogP contribution < -0.4 is 17.0 Å². The van der Waals surface area contributed by atoms with Crippen molar-refractivity contribution in [3.63, 3.8) is 0 Å². The zero-order valence-electron chi connectivity index (χ0n) is 10.5. The van der Waals surface area contributed by atoms with Gasteiger partial charge >= 0.3 is 0 Å². The molecule has 0 heterocycles. The molecule has 1 atom stereocenters. The van der Waals surface area contributed by atoms with Crippen molar-refractivity contribution >= 4 is 33.2 Å². The van der Waals surface area contributed by atoms with E-state index in [9.17, 15) is 4.39 Å². The first kappa shape index (κ1) is 15.3. The summed E-state index contributed by atoms with van der Waals surface area (Å²) in [4.78, 5) is 0. The largest absolute Gasteiger partial charge is 0.398 e. The Balaban J connectivity index is 2.33. The Labute approximate surface area is 130 Å². The van der Waals surface area contributed by atoms with E-state index >= 15 is 0 Å². The Hall–Kier alpha value is -1.14. The molecule has 0 bridgehead atoms. The number of nitrogen functional groups attached to an aromatic ring is 1. The molecule has 2 aromatic carbocycles. The number of rotatable bonds is 4. The van der Waals surface area contributed by atoms with E-state index in [0.29, 0.717) is 22.7 Å². The normalized spacial score (nSPS) is 12.4. The highest BCUT2D eigenvalue weighted by atomic mass is 79.9. The lowest BCUT2D eigenvalue weighted by Gasteiger charge is -2.19. The molecule has 0 saturated heterocycles. The molecule has 20 heavy (non-hydrogen) atoms. The molecule has 0 spiro atoms. The van der Waals surface area contributed by atoms with E-state index < -0.39 is 0 Å². The number of nitrogens with one attached hydrogen (secondary N) is 1. The lowest BCUT2D eigenvalue weighted by atomic mass is 9.98. The van der Waals surface area contributed by atoms with E-state index in [1.165, 1.54) is 18.2 Å². The van der Waals surface area contributed by atoms with E-state index in [0.717, 1.165) is 10.0 Å². The van der Waals surface area contributed by atoms with E-state index in [2.05, 4.69) is 21.4 Å². The van der Waals surface area contributed by atoms with Crippen molar-refractivity contribution in [3.8, 4) is 0 Å². The molecule has 6 heteroatoms. The predicted octanol–water partition coefficient (Wildman–Crippen LogP) is 3.57. The number of halogens is 3. The maximum Gasteiger partial charge on any atom is 0.123 e. The van der Waals surface area contributed by atoms with Crippen LogP contribution in [0.15, 0.2) is 40.9 Å². The monoisotopic (exact) mass is 357 g/mol. The third-order valence-corrected chi connectivity index (χ3v) is 3.92. The summed E-state index contributed by atoms with van der Waals surface area (Å²) < 4.78 is 14.2. The van der Waals surface area contributed by atoms with Gasteiger partial charge in [-0.25, -0.2) is 4.39 Å². The number of benzene rings is 2. The molecule has 2 rings (SSSR count). The standard InChI is InChI=1S/C14H14BrClFN3/c15-9-1-4-13(18)11(7-9)14(20-19)6-8-5-10(17)2-3-12(8)16/h1-5,7,14,20H,6,18-19H2. The van der Waals surface area contributed by atoms with Gasteiger partial charge in [0.1, 0.15) is 5.82 Å². The maximum absolute atomic E-state index is 13.3. The zero-order valence-corrected chi connectivity index (χ0v) is 12.9. The molecule has 2 aromatic rings. The molecule has 5 N–H and O–H groups in total. The molecule has 0 aliphatic carbocycles. The quantitative estimate of drug-likeness (QED) is 0.445. The van der Waals surface area contributed by atoms with Gasteiger partial charge in [0.25, 0.3) is 0 Å². The van der Waals surface area contributed by atoms with Crippen molar-refractivity contribution in [2.24, 2.45) is 5.84 Å². The second-order valence-corrected chi connectivity index (χ2v) is 5.76. The van der Waals surface area contributed by atoms with Crippen LogP contribution in [0.1, 0.15) is 17.2 Å². The average Bonchev–Trinajstić information content (AvgIpc) is 2.42. The highest BCUT2D eigenvalue weighted by molar-refractivity contribution is 9.10. The van der Waals surface area contributed by atoms with Gasteiger partial charge in [-0.1, -0.05) is 27.5 Å². The van der Waals surface area contributed by atoms with Crippen LogP contribution >= 0.6 is 27.5 Å². The second-order valence-electron chi connectivity index (χ2n) is 4.43. The summed E-state index contributed by atoms with van der Waals surface area (Å²) in [5, 5.41) is 0.500. The van der Waals surface area contributed by atoms with Crippen molar-refractivity contribution < 1.29 is 4.39 Å². The molecule has 0 aliphatic heterocycles. The summed E-state index contributed by atoms with van der Waals surface area (Å²) >= 11 is 9.48. The van der Waals surface area contributed by atoms with Gasteiger partial charge in [-0.15, -0.1) is 0 Å². The minimum Gasteiger partial charge on any atom is -0.398 e. The summed E-state index contributed by atoms with van der Waals surface area (Å²) in [6.07, 6.45) is 0.438. The number of hydrogen-bond donors (Lipinski definition) is 3. The fourth-order valence-electron chi connectivity index (χ4n) is 2.03. The molecule has 3 nitrogen and oxygen atoms in total. The molecule has 106 valence electrons. The first-order valence-electron chi connectivity index (χ1n) is 5.96. The topological polar surface area (TPSA) is 64.1 Å². The Kier molecular flexibility index (Phi) is 4.99. The van der Waals surface area contributed by atoms with Gasteiger partial charge in [-0.2, -0.15) is 0 Å². The van der Waals surface area contributed by atoms with Crippen molar-refractivity contribution in [1.82, 2.24) is 5.43 Å². The number of hydrazine groups is 1. The molecular weight excluding hydrogens is 345 g/mol. The van der Waals surface area contributed by atoms with Crippen LogP contribution in [0, 0.1) is 5.82 Å². The van der Waals surface area contributed by atoms with Crippen molar-refractivity contribution in [3.05, 3.63) is 62.8 Å². The fraction of sp³-hybridized carbons (Fsp3) is 0.143. The Morgan fingerprint density at radius 1 is 1.25 bits per heavy atom. The van der Waals surface area contributed by atoms with Crippen LogP contribution in [0.5, 0.6) is 0 Å². The van der Waals surface area contributed by atoms with Crippen LogP contribution in [-0.4, -0.2) is 0 Å². The molecular formula is C14H14BrClFN3. The zero-order chi connectivity index (χ0) is 14.7. The second kappa shape index (κ2) is 6.54. The lowest BCUT2D eigenvalue weighted by molar-refractivity contribution is 0.550.